The largest absolute Gasteiger partial charge is 0.463 e. The molecule has 0 saturated carbocycles. The molecule has 0 N–H and O–H groups in total. The third kappa shape index (κ3) is 17.9. The number of carbonyl (C=O) groups excluding carboxylic acids is 2. The van der Waals surface area contributed by atoms with Crippen molar-refractivity contribution in [2.24, 2.45) is 0 Å². The Morgan fingerprint density at radius 2 is 1.00 bits per heavy atom. The lowest BCUT2D eigenvalue weighted by atomic mass is 10.2. The molecule has 0 radical (unpaired) electrons. The van der Waals surface area contributed by atoms with Crippen LogP contribution in [-0.2, 0) is 42.7 Å². The average molecular weight is 406 g/mol. The molecule has 0 atom stereocenters. The molecule has 9 heteroatoms. The number of esters is 2. The quantitative estimate of drug-likeness (QED) is 0.167. The van der Waals surface area contributed by atoms with E-state index in [-0.39, 0.29) is 38.4 Å². The molecule has 0 aliphatic rings. The summed E-state index contributed by atoms with van der Waals surface area (Å²) in [5.74, 6) is -1.21. The molecule has 0 unspecified atom stereocenters. The first-order valence-electron chi connectivity index (χ1n) is 9.51. The van der Waals surface area contributed by atoms with E-state index >= 15 is 0 Å². The van der Waals surface area contributed by atoms with Gasteiger partial charge in [0.1, 0.15) is 13.2 Å². The Balaban J connectivity index is 3.51. The molecule has 0 saturated heterocycles. The molecule has 0 aromatic rings. The highest BCUT2D eigenvalue weighted by Gasteiger charge is 2.14. The smallest absolute Gasteiger partial charge is 0.334 e. The van der Waals surface area contributed by atoms with Gasteiger partial charge in [0.05, 0.1) is 59.3 Å². The Morgan fingerprint density at radius 3 is 1.46 bits per heavy atom. The number of ether oxygens (including phenoxy) is 7. The molecule has 0 heterocycles. The van der Waals surface area contributed by atoms with Crippen LogP contribution < -0.4 is 0 Å². The van der Waals surface area contributed by atoms with Crippen molar-refractivity contribution < 1.29 is 42.7 Å². The fourth-order valence-electron chi connectivity index (χ4n) is 1.76. The first-order valence-corrected chi connectivity index (χ1v) is 9.51. The maximum atomic E-state index is 11.7. The van der Waals surface area contributed by atoms with Gasteiger partial charge in [-0.2, -0.15) is 0 Å². The van der Waals surface area contributed by atoms with Gasteiger partial charge in [0.25, 0.3) is 0 Å². The predicted molar refractivity (Wildman–Crippen MR) is 101 cm³/mol. The molecule has 28 heavy (non-hydrogen) atoms. The molecule has 0 aromatic carbocycles. The van der Waals surface area contributed by atoms with Gasteiger partial charge in [-0.3, -0.25) is 4.79 Å². The summed E-state index contributed by atoms with van der Waals surface area (Å²) in [4.78, 5) is 23.3. The van der Waals surface area contributed by atoms with Gasteiger partial charge in [-0.05, 0) is 13.8 Å². The van der Waals surface area contributed by atoms with Crippen molar-refractivity contribution in [3.8, 4) is 0 Å². The minimum absolute atomic E-state index is 0.0305. The molecule has 0 bridgehead atoms. The van der Waals surface area contributed by atoms with Crippen molar-refractivity contribution in [2.45, 2.75) is 20.3 Å². The van der Waals surface area contributed by atoms with E-state index in [1.807, 2.05) is 13.8 Å². The van der Waals surface area contributed by atoms with E-state index in [2.05, 4.69) is 6.58 Å². The second-order valence-electron chi connectivity index (χ2n) is 5.37. The third-order valence-electron chi connectivity index (χ3n) is 3.12. The van der Waals surface area contributed by atoms with E-state index in [1.165, 1.54) is 0 Å². The molecular weight excluding hydrogens is 372 g/mol. The van der Waals surface area contributed by atoms with Gasteiger partial charge in [0.15, 0.2) is 0 Å². The molecule has 0 aliphatic carbocycles. The lowest BCUT2D eigenvalue weighted by molar-refractivity contribution is -0.148. The van der Waals surface area contributed by atoms with E-state index in [1.54, 1.807) is 0 Å². The SMILES string of the molecule is C=C(CC(=O)OCCOCCOCCOCC)C(=O)OCCOCCOCC. The Labute approximate surface area is 167 Å². The molecule has 0 rings (SSSR count). The molecule has 164 valence electrons. The fourth-order valence-corrected chi connectivity index (χ4v) is 1.76. The van der Waals surface area contributed by atoms with Crippen LogP contribution in [0.3, 0.4) is 0 Å². The van der Waals surface area contributed by atoms with Crippen molar-refractivity contribution >= 4 is 11.9 Å². The standard InChI is InChI=1S/C19H34O9/c1-4-22-6-8-24-10-11-26-12-14-27-18(20)16-17(3)19(21)28-15-13-25-9-7-23-5-2/h3-16H2,1-2H3. The fraction of sp³-hybridized carbons (Fsp3) is 0.789. The van der Waals surface area contributed by atoms with Crippen molar-refractivity contribution in [1.29, 1.82) is 0 Å². The van der Waals surface area contributed by atoms with Crippen LogP contribution in [0.5, 0.6) is 0 Å². The molecule has 0 amide bonds. The minimum Gasteiger partial charge on any atom is -0.463 e. The lowest BCUT2D eigenvalue weighted by Crippen LogP contribution is -2.17. The number of carbonyl (C=O) groups is 2. The van der Waals surface area contributed by atoms with E-state index in [0.717, 1.165) is 0 Å². The Morgan fingerprint density at radius 1 is 0.607 bits per heavy atom. The average Bonchev–Trinajstić information content (AvgIpc) is 2.68. The molecule has 0 aliphatic heterocycles. The summed E-state index contributed by atoms with van der Waals surface area (Å²) in [5, 5.41) is 0. The number of hydrogen-bond donors (Lipinski definition) is 0. The van der Waals surface area contributed by atoms with Gasteiger partial charge >= 0.3 is 11.9 Å². The molecule has 0 fully saturated rings. The van der Waals surface area contributed by atoms with Gasteiger partial charge < -0.3 is 33.2 Å². The second-order valence-corrected chi connectivity index (χ2v) is 5.37. The van der Waals surface area contributed by atoms with Crippen LogP contribution in [-0.4, -0.2) is 91.2 Å². The maximum absolute atomic E-state index is 11.7. The van der Waals surface area contributed by atoms with Crippen LogP contribution in [0.1, 0.15) is 20.3 Å². The van der Waals surface area contributed by atoms with E-state index in [4.69, 9.17) is 33.2 Å². The van der Waals surface area contributed by atoms with Gasteiger partial charge in [-0.15, -0.1) is 0 Å². The monoisotopic (exact) mass is 406 g/mol. The van der Waals surface area contributed by atoms with Gasteiger partial charge in [-0.25, -0.2) is 4.79 Å². The van der Waals surface area contributed by atoms with Crippen LogP contribution in [0, 0.1) is 0 Å². The van der Waals surface area contributed by atoms with Crippen molar-refractivity contribution in [2.75, 3.05) is 79.3 Å². The molecular formula is C19H34O9. The normalized spacial score (nSPS) is 10.6. The highest BCUT2D eigenvalue weighted by molar-refractivity contribution is 5.93. The highest BCUT2D eigenvalue weighted by Crippen LogP contribution is 2.03. The first-order chi connectivity index (χ1) is 13.6. The topological polar surface area (TPSA) is 98.8 Å². The van der Waals surface area contributed by atoms with Gasteiger partial charge in [-0.1, -0.05) is 6.58 Å². The van der Waals surface area contributed by atoms with Gasteiger partial charge in [0, 0.05) is 18.8 Å². The summed E-state index contributed by atoms with van der Waals surface area (Å²) in [6.07, 6.45) is -0.232. The first kappa shape index (κ1) is 26.5. The van der Waals surface area contributed by atoms with E-state index in [9.17, 15) is 9.59 Å². The van der Waals surface area contributed by atoms with Gasteiger partial charge in [0.2, 0.25) is 0 Å². The summed E-state index contributed by atoms with van der Waals surface area (Å²) in [6.45, 7) is 12.2. The van der Waals surface area contributed by atoms with Crippen molar-refractivity contribution in [1.82, 2.24) is 0 Å². The zero-order valence-electron chi connectivity index (χ0n) is 17.1. The summed E-state index contributed by atoms with van der Waals surface area (Å²) < 4.78 is 35.9. The predicted octanol–water partition coefficient (Wildman–Crippen LogP) is 1.14. The summed E-state index contributed by atoms with van der Waals surface area (Å²) in [7, 11) is 0. The van der Waals surface area contributed by atoms with Crippen LogP contribution >= 0.6 is 0 Å². The number of rotatable bonds is 20. The second kappa shape index (κ2) is 20.2. The Hall–Kier alpha value is -1.52. The van der Waals surface area contributed by atoms with Crippen LogP contribution in [0.2, 0.25) is 0 Å². The Kier molecular flexibility index (Phi) is 19.1. The maximum Gasteiger partial charge on any atom is 0.334 e. The van der Waals surface area contributed by atoms with Crippen LogP contribution in [0.25, 0.3) is 0 Å². The van der Waals surface area contributed by atoms with Crippen LogP contribution in [0.15, 0.2) is 12.2 Å². The minimum atomic E-state index is -0.647. The third-order valence-corrected chi connectivity index (χ3v) is 3.12. The summed E-state index contributed by atoms with van der Waals surface area (Å²) in [5.41, 5.74) is 0.0305. The lowest BCUT2D eigenvalue weighted by Gasteiger charge is -2.09. The van der Waals surface area contributed by atoms with Crippen molar-refractivity contribution in [3.63, 3.8) is 0 Å². The summed E-state index contributed by atoms with van der Waals surface area (Å²) in [6, 6.07) is 0. The zero-order valence-corrected chi connectivity index (χ0v) is 17.1. The van der Waals surface area contributed by atoms with E-state index in [0.29, 0.717) is 52.9 Å². The highest BCUT2D eigenvalue weighted by atomic mass is 16.6. The molecule has 9 nitrogen and oxygen atoms in total. The summed E-state index contributed by atoms with van der Waals surface area (Å²) >= 11 is 0. The molecule has 0 aromatic heterocycles. The van der Waals surface area contributed by atoms with Crippen molar-refractivity contribution in [3.05, 3.63) is 12.2 Å². The van der Waals surface area contributed by atoms with E-state index < -0.39 is 11.9 Å². The molecule has 0 spiro atoms. The number of hydrogen-bond acceptors (Lipinski definition) is 9. The zero-order chi connectivity index (χ0) is 20.9. The van der Waals surface area contributed by atoms with Crippen LogP contribution in [0.4, 0.5) is 0 Å². The Bertz CT molecular complexity index is 412.